The molecule has 2 aromatic rings. The van der Waals surface area contributed by atoms with Gasteiger partial charge < -0.3 is 19.7 Å². The average molecular weight is 449 g/mol. The lowest BCUT2D eigenvalue weighted by Gasteiger charge is -2.18. The third kappa shape index (κ3) is 7.80. The summed E-state index contributed by atoms with van der Waals surface area (Å²) in [6.07, 6.45) is 1.78. The van der Waals surface area contributed by atoms with Gasteiger partial charge in [0.1, 0.15) is 9.98 Å². The number of thiocarbonyl (C=S) groups is 2. The lowest BCUT2D eigenvalue weighted by molar-refractivity contribution is 0.222. The van der Waals surface area contributed by atoms with E-state index in [1.54, 1.807) is 19.9 Å². The molecule has 0 fully saturated rings. The summed E-state index contributed by atoms with van der Waals surface area (Å²) < 4.78 is 23.6. The van der Waals surface area contributed by atoms with E-state index < -0.39 is 7.60 Å². The molecule has 154 valence electrons. The van der Waals surface area contributed by atoms with Gasteiger partial charge in [0.15, 0.2) is 0 Å². The molecule has 29 heavy (non-hydrogen) atoms. The van der Waals surface area contributed by atoms with Gasteiger partial charge in [0.25, 0.3) is 0 Å². The second-order valence-electron chi connectivity index (χ2n) is 5.89. The average Bonchev–Trinajstić information content (AvgIpc) is 2.70. The Bertz CT molecular complexity index is 824. The maximum atomic E-state index is 12.9. The zero-order chi connectivity index (χ0) is 21.1. The molecule has 0 radical (unpaired) electrons. The smallest absolute Gasteiger partial charge is 0.334 e. The monoisotopic (exact) mass is 448 g/mol. The van der Waals surface area contributed by atoms with E-state index in [0.717, 1.165) is 11.4 Å². The Morgan fingerprint density at radius 2 is 1.28 bits per heavy atom. The van der Waals surface area contributed by atoms with Crippen molar-refractivity contribution in [2.45, 2.75) is 13.8 Å². The van der Waals surface area contributed by atoms with Crippen LogP contribution in [0.15, 0.2) is 72.3 Å². The minimum Gasteiger partial charge on any atom is -0.346 e. The van der Waals surface area contributed by atoms with Crippen LogP contribution in [0.4, 0.5) is 11.4 Å². The maximum Gasteiger partial charge on any atom is 0.334 e. The normalized spacial score (nSPS) is 10.8. The van der Waals surface area contributed by atoms with Crippen LogP contribution in [0.1, 0.15) is 13.8 Å². The van der Waals surface area contributed by atoms with Crippen LogP contribution in [0, 0.1) is 0 Å². The van der Waals surface area contributed by atoms with Gasteiger partial charge in [-0.2, -0.15) is 0 Å². The molecule has 5 nitrogen and oxygen atoms in total. The fourth-order valence-electron chi connectivity index (χ4n) is 2.47. The summed E-state index contributed by atoms with van der Waals surface area (Å²) >= 11 is 11.2. The Labute approximate surface area is 183 Å². The Morgan fingerprint density at radius 1 is 0.862 bits per heavy atom. The number of allylic oxidation sites excluding steroid dienone is 1. The van der Waals surface area contributed by atoms with E-state index in [1.807, 2.05) is 60.7 Å². The first-order valence-electron chi connectivity index (χ1n) is 9.28. The van der Waals surface area contributed by atoms with Crippen molar-refractivity contribution < 1.29 is 13.6 Å². The molecule has 0 unspecified atom stereocenters. The van der Waals surface area contributed by atoms with Gasteiger partial charge in [-0.1, -0.05) is 66.9 Å². The van der Waals surface area contributed by atoms with E-state index in [0.29, 0.717) is 28.8 Å². The molecule has 0 saturated heterocycles. The van der Waals surface area contributed by atoms with Crippen LogP contribution in [0.5, 0.6) is 0 Å². The molecule has 0 atom stereocenters. The molecule has 0 aliphatic carbocycles. The second kappa shape index (κ2) is 12.0. The second-order valence-corrected chi connectivity index (χ2v) is 8.81. The summed E-state index contributed by atoms with van der Waals surface area (Å²) in [5.74, 6) is 0. The highest BCUT2D eigenvalue weighted by molar-refractivity contribution is 7.83. The van der Waals surface area contributed by atoms with Crippen molar-refractivity contribution in [1.82, 2.24) is 0 Å². The van der Waals surface area contributed by atoms with E-state index in [9.17, 15) is 4.57 Å². The number of anilines is 2. The van der Waals surface area contributed by atoms with Crippen molar-refractivity contribution in [2.75, 3.05) is 30.0 Å². The van der Waals surface area contributed by atoms with Crippen molar-refractivity contribution in [3.63, 3.8) is 0 Å². The van der Waals surface area contributed by atoms with Crippen molar-refractivity contribution >= 4 is 53.4 Å². The molecular weight excluding hydrogens is 423 g/mol. The Kier molecular flexibility index (Phi) is 9.64. The molecule has 8 heteroatoms. The minimum atomic E-state index is -3.27. The fourth-order valence-corrected chi connectivity index (χ4v) is 4.62. The molecule has 2 rings (SSSR count). The Balaban J connectivity index is 2.26. The highest BCUT2D eigenvalue weighted by atomic mass is 32.1. The van der Waals surface area contributed by atoms with Crippen LogP contribution >= 0.6 is 32.0 Å². The van der Waals surface area contributed by atoms with Gasteiger partial charge >= 0.3 is 7.60 Å². The molecule has 2 aromatic carbocycles. The van der Waals surface area contributed by atoms with E-state index in [-0.39, 0.29) is 6.16 Å². The lowest BCUT2D eigenvalue weighted by Crippen LogP contribution is -2.23. The van der Waals surface area contributed by atoms with Crippen molar-refractivity contribution in [2.24, 2.45) is 0 Å². The maximum absolute atomic E-state index is 12.9. The zero-order valence-electron chi connectivity index (χ0n) is 16.5. The molecule has 0 aromatic heterocycles. The Hall–Kier alpha value is -1.89. The van der Waals surface area contributed by atoms with Crippen LogP contribution in [0.25, 0.3) is 0 Å². The van der Waals surface area contributed by atoms with Crippen LogP contribution in [-0.4, -0.2) is 29.4 Å². The van der Waals surface area contributed by atoms with Gasteiger partial charge in [0, 0.05) is 16.9 Å². The van der Waals surface area contributed by atoms with E-state index in [2.05, 4.69) is 10.6 Å². The number of hydrogen-bond acceptors (Lipinski definition) is 5. The topological polar surface area (TPSA) is 59.6 Å². The fraction of sp³-hybridized carbons (Fsp3) is 0.238. The first kappa shape index (κ1) is 23.4. The minimum absolute atomic E-state index is 0.0667. The van der Waals surface area contributed by atoms with Crippen LogP contribution in [0.2, 0.25) is 0 Å². The standard InChI is InChI=1S/C21H25N2O3PS2/c1-3-25-27(24,26-4-2)16-15-19(20(28)22-17-11-7-5-8-12-17)21(29)23-18-13-9-6-10-14-18/h5-15H,3-4,16H2,1-2H3,(H,22,28)(H,23,29). The van der Waals surface area contributed by atoms with Crippen LogP contribution < -0.4 is 10.6 Å². The number of para-hydroxylation sites is 2. The summed E-state index contributed by atoms with van der Waals surface area (Å²) in [5, 5.41) is 6.35. The quantitative estimate of drug-likeness (QED) is 0.260. The number of rotatable bonds is 10. The third-order valence-electron chi connectivity index (χ3n) is 3.72. The highest BCUT2D eigenvalue weighted by Crippen LogP contribution is 2.48. The molecule has 0 aliphatic heterocycles. The molecule has 0 aliphatic rings. The van der Waals surface area contributed by atoms with Crippen molar-refractivity contribution in [3.05, 3.63) is 72.3 Å². The SMILES string of the molecule is CCOP(=O)(CC=C(C(=S)Nc1ccccc1)C(=S)Nc1ccccc1)OCC. The first-order chi connectivity index (χ1) is 14.0. The van der Waals surface area contributed by atoms with Gasteiger partial charge in [-0.25, -0.2) is 0 Å². The number of benzene rings is 2. The Morgan fingerprint density at radius 3 is 1.66 bits per heavy atom. The van der Waals surface area contributed by atoms with Crippen LogP contribution in [0.3, 0.4) is 0 Å². The predicted molar refractivity (Wildman–Crippen MR) is 129 cm³/mol. The van der Waals surface area contributed by atoms with Gasteiger partial charge in [0.2, 0.25) is 0 Å². The lowest BCUT2D eigenvalue weighted by atomic mass is 10.2. The number of nitrogens with one attached hydrogen (secondary N) is 2. The van der Waals surface area contributed by atoms with Crippen molar-refractivity contribution in [3.8, 4) is 0 Å². The molecule has 0 spiro atoms. The highest BCUT2D eigenvalue weighted by Gasteiger charge is 2.23. The molecule has 0 amide bonds. The van der Waals surface area contributed by atoms with Crippen LogP contribution in [-0.2, 0) is 13.6 Å². The van der Waals surface area contributed by atoms with Gasteiger partial charge in [-0.05, 0) is 38.1 Å². The van der Waals surface area contributed by atoms with E-state index >= 15 is 0 Å². The summed E-state index contributed by atoms with van der Waals surface area (Å²) in [5.41, 5.74) is 2.23. The van der Waals surface area contributed by atoms with Gasteiger partial charge in [-0.3, -0.25) is 4.57 Å². The summed E-state index contributed by atoms with van der Waals surface area (Å²) in [6.45, 7) is 4.14. The molecule has 0 saturated carbocycles. The summed E-state index contributed by atoms with van der Waals surface area (Å²) in [7, 11) is -3.27. The molecule has 2 N–H and O–H groups in total. The number of hydrogen-bond donors (Lipinski definition) is 2. The summed E-state index contributed by atoms with van der Waals surface area (Å²) in [6, 6.07) is 19.1. The molecular formula is C21H25N2O3PS2. The van der Waals surface area contributed by atoms with Gasteiger partial charge in [0.05, 0.1) is 19.4 Å². The largest absolute Gasteiger partial charge is 0.346 e. The summed E-state index contributed by atoms with van der Waals surface area (Å²) in [4.78, 5) is 0.841. The predicted octanol–water partition coefficient (Wildman–Crippen LogP) is 6.06. The molecule has 0 heterocycles. The first-order valence-corrected chi connectivity index (χ1v) is 11.8. The third-order valence-corrected chi connectivity index (χ3v) is 6.30. The van der Waals surface area contributed by atoms with Crippen molar-refractivity contribution in [1.29, 1.82) is 0 Å². The zero-order valence-corrected chi connectivity index (χ0v) is 19.0. The van der Waals surface area contributed by atoms with E-state index in [1.165, 1.54) is 0 Å². The molecule has 0 bridgehead atoms. The van der Waals surface area contributed by atoms with E-state index in [4.69, 9.17) is 33.5 Å². The van der Waals surface area contributed by atoms with Gasteiger partial charge in [-0.15, -0.1) is 0 Å².